The molecule has 0 aliphatic heterocycles. The second kappa shape index (κ2) is 9.35. The number of hydrogen-bond acceptors (Lipinski definition) is 8. The van der Waals surface area contributed by atoms with Gasteiger partial charge in [0, 0.05) is 17.8 Å². The van der Waals surface area contributed by atoms with Crippen molar-refractivity contribution < 1.29 is 28.8 Å². The van der Waals surface area contributed by atoms with E-state index in [1.807, 2.05) is 13.8 Å². The molecule has 0 saturated carbocycles. The zero-order chi connectivity index (χ0) is 19.9. The molecule has 0 aliphatic rings. The van der Waals surface area contributed by atoms with E-state index < -0.39 is 35.4 Å². The van der Waals surface area contributed by atoms with Crippen LogP contribution in [0.5, 0.6) is 0 Å². The molecule has 0 unspecified atom stereocenters. The zero-order valence-corrected chi connectivity index (χ0v) is 14.7. The Labute approximate surface area is 149 Å². The molecule has 0 aromatic heterocycles. The third-order valence-electron chi connectivity index (χ3n) is 3.33. The molecule has 142 valence electrons. The highest BCUT2D eigenvalue weighted by atomic mass is 16.6. The molecular formula is C16H21N3O7. The largest absolute Gasteiger partial charge is 0.467 e. The van der Waals surface area contributed by atoms with Gasteiger partial charge in [0.15, 0.2) is 6.61 Å². The first kappa shape index (κ1) is 20.9. The highest BCUT2D eigenvalue weighted by molar-refractivity contribution is 5.97. The fourth-order valence-corrected chi connectivity index (χ4v) is 2.11. The minimum Gasteiger partial charge on any atom is -0.467 e. The Morgan fingerprint density at radius 3 is 2.50 bits per heavy atom. The number of methoxy groups -OCH3 is 1. The SMILES string of the molecule is COC(=O)[C@H](CC(C)C)NC(=O)COC(=O)c1cc([N+](=O)[O-])ccc1N. The Morgan fingerprint density at radius 2 is 1.96 bits per heavy atom. The van der Waals surface area contributed by atoms with Gasteiger partial charge in [-0.25, -0.2) is 9.59 Å². The summed E-state index contributed by atoms with van der Waals surface area (Å²) in [5, 5.41) is 13.2. The van der Waals surface area contributed by atoms with E-state index >= 15 is 0 Å². The van der Waals surface area contributed by atoms with Crippen molar-refractivity contribution in [3.8, 4) is 0 Å². The van der Waals surface area contributed by atoms with Gasteiger partial charge >= 0.3 is 11.9 Å². The maximum Gasteiger partial charge on any atom is 0.341 e. The van der Waals surface area contributed by atoms with Gasteiger partial charge in [-0.2, -0.15) is 0 Å². The summed E-state index contributed by atoms with van der Waals surface area (Å²) < 4.78 is 9.44. The van der Waals surface area contributed by atoms with E-state index in [2.05, 4.69) is 10.1 Å². The quantitative estimate of drug-likeness (QED) is 0.299. The molecule has 1 rings (SSSR count). The van der Waals surface area contributed by atoms with Gasteiger partial charge < -0.3 is 20.5 Å². The molecule has 0 aliphatic carbocycles. The summed E-state index contributed by atoms with van der Waals surface area (Å²) in [6.07, 6.45) is 0.351. The van der Waals surface area contributed by atoms with Crippen LogP contribution < -0.4 is 11.1 Å². The second-order valence-electron chi connectivity index (χ2n) is 5.88. The van der Waals surface area contributed by atoms with Crippen LogP contribution in [-0.2, 0) is 19.1 Å². The maximum atomic E-state index is 12.0. The number of anilines is 1. The number of carbonyl (C=O) groups excluding carboxylic acids is 3. The van der Waals surface area contributed by atoms with Crippen molar-refractivity contribution in [2.75, 3.05) is 19.5 Å². The average molecular weight is 367 g/mol. The molecule has 10 heteroatoms. The number of nitrogens with zero attached hydrogens (tertiary/aromatic N) is 1. The Bertz CT molecular complexity index is 703. The van der Waals surface area contributed by atoms with Crippen molar-refractivity contribution in [2.45, 2.75) is 26.3 Å². The number of non-ortho nitro benzene ring substituents is 1. The molecule has 1 aromatic carbocycles. The fourth-order valence-electron chi connectivity index (χ4n) is 2.11. The topological polar surface area (TPSA) is 151 Å². The van der Waals surface area contributed by atoms with Crippen LogP contribution in [0.3, 0.4) is 0 Å². The summed E-state index contributed by atoms with van der Waals surface area (Å²) in [6.45, 7) is 3.06. The number of ether oxygens (including phenoxy) is 2. The molecule has 10 nitrogen and oxygen atoms in total. The van der Waals surface area contributed by atoms with Crippen molar-refractivity contribution in [1.82, 2.24) is 5.32 Å². The van der Waals surface area contributed by atoms with E-state index in [4.69, 9.17) is 10.5 Å². The van der Waals surface area contributed by atoms with Crippen LogP contribution in [0.1, 0.15) is 30.6 Å². The summed E-state index contributed by atoms with van der Waals surface area (Å²) >= 11 is 0. The van der Waals surface area contributed by atoms with Crippen LogP contribution in [0.25, 0.3) is 0 Å². The lowest BCUT2D eigenvalue weighted by Crippen LogP contribution is -2.44. The van der Waals surface area contributed by atoms with Crippen molar-refractivity contribution in [1.29, 1.82) is 0 Å². The molecule has 0 saturated heterocycles. The number of nitrogens with one attached hydrogen (secondary N) is 1. The van der Waals surface area contributed by atoms with Crippen LogP contribution in [0, 0.1) is 16.0 Å². The number of nitro groups is 1. The van der Waals surface area contributed by atoms with Crippen molar-refractivity contribution in [2.24, 2.45) is 5.92 Å². The van der Waals surface area contributed by atoms with Crippen molar-refractivity contribution in [3.05, 3.63) is 33.9 Å². The Kier molecular flexibility index (Phi) is 7.51. The maximum absolute atomic E-state index is 12.0. The molecule has 0 radical (unpaired) electrons. The van der Waals surface area contributed by atoms with Crippen LogP contribution in [0.2, 0.25) is 0 Å². The van der Waals surface area contributed by atoms with Gasteiger partial charge in [0.25, 0.3) is 11.6 Å². The first-order valence-corrected chi connectivity index (χ1v) is 7.74. The molecule has 26 heavy (non-hydrogen) atoms. The predicted octanol–water partition coefficient (Wildman–Crippen LogP) is 1.04. The summed E-state index contributed by atoms with van der Waals surface area (Å²) in [7, 11) is 1.20. The van der Waals surface area contributed by atoms with Crippen LogP contribution >= 0.6 is 0 Å². The van der Waals surface area contributed by atoms with Crippen LogP contribution in [0.4, 0.5) is 11.4 Å². The molecule has 0 bridgehead atoms. The minimum absolute atomic E-state index is 0.0201. The zero-order valence-electron chi connectivity index (χ0n) is 14.7. The van der Waals surface area contributed by atoms with Crippen LogP contribution in [0.15, 0.2) is 18.2 Å². The summed E-state index contributed by atoms with van der Waals surface area (Å²) in [4.78, 5) is 45.7. The van der Waals surface area contributed by atoms with Gasteiger partial charge in [0.05, 0.1) is 17.6 Å². The standard InChI is InChI=1S/C16H21N3O7/c1-9(2)6-13(16(22)25-3)18-14(20)8-26-15(21)11-7-10(19(23)24)4-5-12(11)17/h4-5,7,9,13H,6,8,17H2,1-3H3,(H,18,20)/t13-/m0/s1. The van der Waals surface area contributed by atoms with Gasteiger partial charge in [-0.1, -0.05) is 13.8 Å². The van der Waals surface area contributed by atoms with Crippen molar-refractivity contribution in [3.63, 3.8) is 0 Å². The lowest BCUT2D eigenvalue weighted by atomic mass is 10.0. The number of carbonyl (C=O) groups is 3. The third kappa shape index (κ3) is 6.04. The number of rotatable bonds is 8. The van der Waals surface area contributed by atoms with Gasteiger partial charge in [-0.15, -0.1) is 0 Å². The molecule has 0 heterocycles. The minimum atomic E-state index is -0.986. The van der Waals surface area contributed by atoms with Gasteiger partial charge in [0.2, 0.25) is 0 Å². The van der Waals surface area contributed by atoms with E-state index in [9.17, 15) is 24.5 Å². The lowest BCUT2D eigenvalue weighted by Gasteiger charge is -2.18. The smallest absolute Gasteiger partial charge is 0.341 e. The second-order valence-corrected chi connectivity index (χ2v) is 5.88. The number of benzene rings is 1. The van der Waals surface area contributed by atoms with E-state index in [1.54, 1.807) is 0 Å². The fraction of sp³-hybridized carbons (Fsp3) is 0.438. The van der Waals surface area contributed by atoms with Crippen LogP contribution in [-0.4, -0.2) is 42.5 Å². The summed E-state index contributed by atoms with van der Waals surface area (Å²) in [5.74, 6) is -2.19. The van der Waals surface area contributed by atoms with E-state index in [0.29, 0.717) is 6.42 Å². The molecule has 3 N–H and O–H groups in total. The molecule has 0 spiro atoms. The summed E-state index contributed by atoms with van der Waals surface area (Å²) in [6, 6.07) is 2.44. The number of nitrogens with two attached hydrogens (primary N) is 1. The Balaban J connectivity index is 2.71. The monoisotopic (exact) mass is 367 g/mol. The van der Waals surface area contributed by atoms with Gasteiger partial charge in [-0.05, 0) is 18.4 Å². The Morgan fingerprint density at radius 1 is 1.31 bits per heavy atom. The molecular weight excluding hydrogens is 346 g/mol. The predicted molar refractivity (Wildman–Crippen MR) is 91.2 cm³/mol. The van der Waals surface area contributed by atoms with Gasteiger partial charge in [0.1, 0.15) is 6.04 Å². The lowest BCUT2D eigenvalue weighted by molar-refractivity contribution is -0.384. The number of esters is 2. The normalized spacial score (nSPS) is 11.5. The summed E-state index contributed by atoms with van der Waals surface area (Å²) in [5.41, 5.74) is 5.03. The van der Waals surface area contributed by atoms with E-state index in [1.165, 1.54) is 13.2 Å². The highest BCUT2D eigenvalue weighted by Crippen LogP contribution is 2.20. The first-order chi connectivity index (χ1) is 12.1. The number of amides is 1. The molecule has 0 fully saturated rings. The van der Waals surface area contributed by atoms with Crippen molar-refractivity contribution >= 4 is 29.2 Å². The first-order valence-electron chi connectivity index (χ1n) is 7.74. The molecule has 1 aromatic rings. The van der Waals surface area contributed by atoms with Gasteiger partial charge in [-0.3, -0.25) is 14.9 Å². The average Bonchev–Trinajstić information content (AvgIpc) is 2.58. The van der Waals surface area contributed by atoms with E-state index in [-0.39, 0.29) is 22.9 Å². The molecule has 1 atom stereocenters. The highest BCUT2D eigenvalue weighted by Gasteiger charge is 2.24. The molecule has 1 amide bonds. The number of nitro benzene ring substituents is 1. The third-order valence-corrected chi connectivity index (χ3v) is 3.33. The number of nitrogen functional groups attached to an aromatic ring is 1. The number of hydrogen-bond donors (Lipinski definition) is 2. The van der Waals surface area contributed by atoms with E-state index in [0.717, 1.165) is 12.1 Å². The Hall–Kier alpha value is -3.17.